The molecule has 2 aromatic heterocycles. The molecule has 1 aliphatic rings. The third-order valence-corrected chi connectivity index (χ3v) is 6.29. The van der Waals surface area contributed by atoms with Crippen LogP contribution in [-0.2, 0) is 4.74 Å². The summed E-state index contributed by atoms with van der Waals surface area (Å²) in [6, 6.07) is 13.1. The van der Waals surface area contributed by atoms with E-state index in [-0.39, 0.29) is 17.6 Å². The van der Waals surface area contributed by atoms with Gasteiger partial charge >= 0.3 is 5.97 Å². The Morgan fingerprint density at radius 2 is 1.97 bits per heavy atom. The third kappa shape index (κ3) is 5.23. The Kier molecular flexibility index (Phi) is 6.57. The van der Waals surface area contributed by atoms with Crippen molar-refractivity contribution in [3.63, 3.8) is 0 Å². The van der Waals surface area contributed by atoms with Crippen molar-refractivity contribution in [1.29, 1.82) is 0 Å². The lowest BCUT2D eigenvalue weighted by atomic mass is 10.1. The average molecular weight is 492 g/mol. The van der Waals surface area contributed by atoms with Crippen molar-refractivity contribution in [2.75, 3.05) is 25.5 Å². The highest BCUT2D eigenvalue weighted by atomic mass is 35.5. The predicted octanol–water partition coefficient (Wildman–Crippen LogP) is 5.48. The SMILES string of the molecule is CN1CCC(OC(=O)c2ccc3c(Nc4cnnc(-c5cc(Cl)ccc5F)c4)ccnc3c2)CC1. The molecule has 3 heterocycles. The molecular formula is C26H23ClFN5O2. The number of nitrogens with one attached hydrogen (secondary N) is 1. The number of piperidine rings is 1. The molecule has 35 heavy (non-hydrogen) atoms. The van der Waals surface area contributed by atoms with Crippen molar-refractivity contribution in [2.24, 2.45) is 0 Å². The fourth-order valence-corrected chi connectivity index (χ4v) is 4.29. The van der Waals surface area contributed by atoms with Crippen LogP contribution in [0.1, 0.15) is 23.2 Å². The number of hydrogen-bond donors (Lipinski definition) is 1. The Balaban J connectivity index is 1.37. The molecule has 0 spiro atoms. The maximum atomic E-state index is 14.3. The van der Waals surface area contributed by atoms with Gasteiger partial charge in [-0.05, 0) is 68.4 Å². The zero-order valence-corrected chi connectivity index (χ0v) is 19.8. The van der Waals surface area contributed by atoms with Gasteiger partial charge in [-0.25, -0.2) is 9.18 Å². The molecule has 0 atom stereocenters. The highest BCUT2D eigenvalue weighted by Gasteiger charge is 2.21. The molecule has 0 amide bonds. The van der Waals surface area contributed by atoms with Crippen LogP contribution in [0.15, 0.2) is 60.9 Å². The van der Waals surface area contributed by atoms with Gasteiger partial charge in [0.2, 0.25) is 0 Å². The molecule has 0 saturated carbocycles. The van der Waals surface area contributed by atoms with Gasteiger partial charge in [-0.15, -0.1) is 0 Å². The highest BCUT2D eigenvalue weighted by Crippen LogP contribution is 2.29. The molecule has 7 nitrogen and oxygen atoms in total. The second kappa shape index (κ2) is 9.93. The molecule has 1 fully saturated rings. The van der Waals surface area contributed by atoms with Gasteiger partial charge in [0.25, 0.3) is 0 Å². The van der Waals surface area contributed by atoms with Crippen molar-refractivity contribution in [1.82, 2.24) is 20.1 Å². The van der Waals surface area contributed by atoms with Crippen LogP contribution < -0.4 is 5.32 Å². The van der Waals surface area contributed by atoms with Crippen LogP contribution in [0.4, 0.5) is 15.8 Å². The second-order valence-electron chi connectivity index (χ2n) is 8.58. The summed E-state index contributed by atoms with van der Waals surface area (Å²) in [5, 5.41) is 12.6. The minimum absolute atomic E-state index is 0.0620. The summed E-state index contributed by atoms with van der Waals surface area (Å²) in [4.78, 5) is 19.4. The van der Waals surface area contributed by atoms with Crippen molar-refractivity contribution in [3.05, 3.63) is 77.3 Å². The Bertz CT molecular complexity index is 1390. The molecule has 0 radical (unpaired) electrons. The fraction of sp³-hybridized carbons (Fsp3) is 0.231. The van der Waals surface area contributed by atoms with E-state index in [1.807, 2.05) is 12.1 Å². The third-order valence-electron chi connectivity index (χ3n) is 6.06. The van der Waals surface area contributed by atoms with Gasteiger partial charge in [-0.1, -0.05) is 11.6 Å². The van der Waals surface area contributed by atoms with E-state index in [1.54, 1.807) is 30.6 Å². The number of esters is 1. The van der Waals surface area contributed by atoms with Crippen molar-refractivity contribution >= 4 is 39.8 Å². The number of rotatable bonds is 5. The van der Waals surface area contributed by atoms with E-state index in [0.29, 0.717) is 27.5 Å². The van der Waals surface area contributed by atoms with E-state index in [4.69, 9.17) is 16.3 Å². The molecule has 0 aliphatic carbocycles. The first-order valence-corrected chi connectivity index (χ1v) is 11.7. The van der Waals surface area contributed by atoms with Crippen molar-refractivity contribution in [3.8, 4) is 11.3 Å². The largest absolute Gasteiger partial charge is 0.459 e. The van der Waals surface area contributed by atoms with Gasteiger partial charge in [0.05, 0.1) is 28.7 Å². The lowest BCUT2D eigenvalue weighted by Crippen LogP contribution is -2.35. The number of nitrogens with zero attached hydrogens (tertiary/aromatic N) is 4. The molecule has 4 aromatic rings. The number of likely N-dealkylation sites (tertiary alicyclic amines) is 1. The zero-order valence-electron chi connectivity index (χ0n) is 19.0. The summed E-state index contributed by atoms with van der Waals surface area (Å²) in [6.07, 6.45) is 4.81. The molecule has 2 aromatic carbocycles. The van der Waals surface area contributed by atoms with Crippen molar-refractivity contribution in [2.45, 2.75) is 18.9 Å². The van der Waals surface area contributed by atoms with E-state index >= 15 is 0 Å². The van der Waals surface area contributed by atoms with Crippen LogP contribution in [0.25, 0.3) is 22.2 Å². The summed E-state index contributed by atoms with van der Waals surface area (Å²) < 4.78 is 20.0. The number of anilines is 2. The summed E-state index contributed by atoms with van der Waals surface area (Å²) in [5.41, 5.74) is 3.11. The maximum Gasteiger partial charge on any atom is 0.338 e. The Labute approximate surface area is 206 Å². The molecule has 1 saturated heterocycles. The molecule has 1 N–H and O–H groups in total. The highest BCUT2D eigenvalue weighted by molar-refractivity contribution is 6.30. The van der Waals surface area contributed by atoms with Crippen LogP contribution in [-0.4, -0.2) is 52.3 Å². The van der Waals surface area contributed by atoms with Gasteiger partial charge in [-0.2, -0.15) is 10.2 Å². The predicted molar refractivity (Wildman–Crippen MR) is 133 cm³/mol. The number of ether oxygens (including phenoxy) is 1. The van der Waals surface area contributed by atoms with E-state index in [1.165, 1.54) is 18.2 Å². The number of halogens is 2. The second-order valence-corrected chi connectivity index (χ2v) is 9.01. The normalized spacial score (nSPS) is 14.7. The number of pyridine rings is 1. The number of carbonyl (C=O) groups is 1. The molecule has 0 unspecified atom stereocenters. The molecule has 5 rings (SSSR count). The smallest absolute Gasteiger partial charge is 0.338 e. The molecule has 9 heteroatoms. The summed E-state index contributed by atoms with van der Waals surface area (Å²) in [5.74, 6) is -0.775. The molecular weight excluding hydrogens is 469 g/mol. The van der Waals surface area contributed by atoms with Gasteiger partial charge < -0.3 is 15.0 Å². The number of carbonyl (C=O) groups excluding carboxylic acids is 1. The van der Waals surface area contributed by atoms with E-state index in [0.717, 1.165) is 37.0 Å². The van der Waals surface area contributed by atoms with Gasteiger partial charge in [0.15, 0.2) is 0 Å². The summed E-state index contributed by atoms with van der Waals surface area (Å²) >= 11 is 6.02. The summed E-state index contributed by atoms with van der Waals surface area (Å²) in [7, 11) is 2.07. The minimum Gasteiger partial charge on any atom is -0.459 e. The Hall–Kier alpha value is -3.62. The fourth-order valence-electron chi connectivity index (χ4n) is 4.12. The van der Waals surface area contributed by atoms with Gasteiger partial charge in [-0.3, -0.25) is 4.98 Å². The molecule has 0 bridgehead atoms. The van der Waals surface area contributed by atoms with Crippen LogP contribution in [0.3, 0.4) is 0 Å². The van der Waals surface area contributed by atoms with Crippen molar-refractivity contribution < 1.29 is 13.9 Å². The van der Waals surface area contributed by atoms with E-state index < -0.39 is 5.82 Å². The quantitative estimate of drug-likeness (QED) is 0.370. The maximum absolute atomic E-state index is 14.3. The van der Waals surface area contributed by atoms with Crippen LogP contribution >= 0.6 is 11.6 Å². The zero-order chi connectivity index (χ0) is 24.4. The first-order chi connectivity index (χ1) is 17.0. The average Bonchev–Trinajstić information content (AvgIpc) is 2.87. The van der Waals surface area contributed by atoms with Gasteiger partial charge in [0, 0.05) is 40.9 Å². The lowest BCUT2D eigenvalue weighted by Gasteiger charge is -2.28. The monoisotopic (exact) mass is 491 g/mol. The first-order valence-electron chi connectivity index (χ1n) is 11.3. The van der Waals surface area contributed by atoms with Gasteiger partial charge in [0.1, 0.15) is 11.9 Å². The van der Waals surface area contributed by atoms with Crippen LogP contribution in [0.2, 0.25) is 5.02 Å². The molecule has 1 aliphatic heterocycles. The number of aromatic nitrogens is 3. The van der Waals surface area contributed by atoms with E-state index in [9.17, 15) is 9.18 Å². The molecule has 178 valence electrons. The minimum atomic E-state index is -0.435. The Morgan fingerprint density at radius 3 is 2.80 bits per heavy atom. The summed E-state index contributed by atoms with van der Waals surface area (Å²) in [6.45, 7) is 1.84. The lowest BCUT2D eigenvalue weighted by molar-refractivity contribution is 0.0139. The first kappa shape index (κ1) is 23.1. The van der Waals surface area contributed by atoms with Crippen LogP contribution in [0.5, 0.6) is 0 Å². The Morgan fingerprint density at radius 1 is 1.14 bits per heavy atom. The number of fused-ring (bicyclic) bond motifs is 1. The van der Waals surface area contributed by atoms with Crippen LogP contribution in [0, 0.1) is 5.82 Å². The number of hydrogen-bond acceptors (Lipinski definition) is 7. The standard InChI is InChI=1S/C26H23ClFN5O2/c1-33-10-7-19(8-11-33)35-26(34)16-2-4-20-23(6-9-29-24(20)12-16)31-18-14-25(32-30-15-18)21-13-17(27)3-5-22(21)28/h2-6,9,12-15,19H,7-8,10-11H2,1H3,(H,29,31,32). The number of benzene rings is 2. The van der Waals surface area contributed by atoms with E-state index in [2.05, 4.69) is 32.4 Å². The topological polar surface area (TPSA) is 80.2 Å².